The van der Waals surface area contributed by atoms with Crippen LogP contribution in [-0.2, 0) is 40.5 Å². The van der Waals surface area contributed by atoms with Gasteiger partial charge in [-0.2, -0.15) is 0 Å². The Hall–Kier alpha value is -3.87. The molecule has 0 spiro atoms. The summed E-state index contributed by atoms with van der Waals surface area (Å²) in [5, 5.41) is 0. The van der Waals surface area contributed by atoms with Crippen LogP contribution in [0, 0.1) is 6.92 Å². The van der Waals surface area contributed by atoms with Gasteiger partial charge in [0.1, 0.15) is 29.4 Å². The second-order valence-corrected chi connectivity index (χ2v) is 14.1. The molecule has 254 valence electrons. The highest BCUT2D eigenvalue weighted by molar-refractivity contribution is 8.07. The van der Waals surface area contributed by atoms with Gasteiger partial charge in [0.25, 0.3) is 5.56 Å². The zero-order valence-electron chi connectivity index (χ0n) is 27.2. The zero-order chi connectivity index (χ0) is 34.3. The summed E-state index contributed by atoms with van der Waals surface area (Å²) in [5.41, 5.74) is 0.648. The van der Waals surface area contributed by atoms with E-state index in [2.05, 4.69) is 11.6 Å². The minimum absolute atomic E-state index is 0.00822. The van der Waals surface area contributed by atoms with E-state index in [1.165, 1.54) is 17.9 Å². The van der Waals surface area contributed by atoms with Gasteiger partial charge >= 0.3 is 12.4 Å². The molecule has 0 amide bonds. The summed E-state index contributed by atoms with van der Waals surface area (Å²) in [4.78, 5) is 27.4. The lowest BCUT2D eigenvalue weighted by Crippen LogP contribution is -2.38. The molecular formula is C35H39N2O9PS. The number of nitrogens with one attached hydrogen (secondary N) is 1. The fourth-order valence-electron chi connectivity index (χ4n) is 5.65. The highest BCUT2D eigenvalue weighted by atomic mass is 32.5. The van der Waals surface area contributed by atoms with Crippen LogP contribution >= 0.6 is 6.72 Å². The van der Waals surface area contributed by atoms with Gasteiger partial charge in [-0.3, -0.25) is 14.3 Å². The normalized spacial score (nSPS) is 19.0. The highest BCUT2D eigenvalue weighted by Crippen LogP contribution is 2.53. The molecule has 4 aromatic rings. The van der Waals surface area contributed by atoms with E-state index in [4.69, 9.17) is 44.3 Å². The van der Waals surface area contributed by atoms with Gasteiger partial charge in [0.2, 0.25) is 0 Å². The van der Waals surface area contributed by atoms with Crippen molar-refractivity contribution in [1.29, 1.82) is 0 Å². The molecule has 0 aliphatic carbocycles. The van der Waals surface area contributed by atoms with E-state index < -0.39 is 42.0 Å². The number of rotatable bonds is 15. The molecule has 13 heteroatoms. The number of benzene rings is 3. The van der Waals surface area contributed by atoms with Crippen LogP contribution in [0.3, 0.4) is 0 Å². The van der Waals surface area contributed by atoms with E-state index in [9.17, 15) is 9.59 Å². The Balaban J connectivity index is 1.59. The molecule has 0 saturated carbocycles. The summed E-state index contributed by atoms with van der Waals surface area (Å²) in [6.07, 6.45) is 0.943. The van der Waals surface area contributed by atoms with Crippen molar-refractivity contribution in [3.05, 3.63) is 141 Å². The number of H-pyrrole nitrogens is 1. The summed E-state index contributed by atoms with van der Waals surface area (Å²) in [5.74, 6) is 1.38. The number of hydrogen-bond acceptors (Lipinski definition) is 10. The molecule has 0 radical (unpaired) electrons. The molecule has 11 nitrogen and oxygen atoms in total. The number of hydrogen-bond donors (Lipinski definition) is 1. The molecule has 1 saturated heterocycles. The standard InChI is InChI=1S/C35H39N2O9PS/c1-6-20-44-47(48,42-5)46-30-21-32(37-22-24(2)33(38)36-34(37)39)45-31(30)23-43-35(25-10-8-7-9-11-25,26-12-16-28(40-3)17-13-26)27-14-18-29(41-4)19-15-27/h6-19,22,30-32H,1,20-21,23H2,2-5H3,(H,36,38,39)/t30-,31+,32+,47+/m0/s1. The van der Waals surface area contributed by atoms with Crippen molar-refractivity contribution in [2.24, 2.45) is 0 Å². The molecule has 1 N–H and O–H groups in total. The highest BCUT2D eigenvalue weighted by Gasteiger charge is 2.45. The molecular weight excluding hydrogens is 655 g/mol. The average molecular weight is 695 g/mol. The van der Waals surface area contributed by atoms with E-state index in [1.807, 2.05) is 78.9 Å². The lowest BCUT2D eigenvalue weighted by Gasteiger charge is -2.37. The van der Waals surface area contributed by atoms with Crippen LogP contribution in [0.2, 0.25) is 0 Å². The number of aryl methyl sites for hydroxylation is 1. The quantitative estimate of drug-likeness (QED) is 0.0955. The summed E-state index contributed by atoms with van der Waals surface area (Å²) in [7, 11) is 4.65. The maximum absolute atomic E-state index is 12.9. The topological polar surface area (TPSA) is 119 Å². The average Bonchev–Trinajstić information content (AvgIpc) is 3.51. The van der Waals surface area contributed by atoms with Crippen LogP contribution in [-0.4, -0.2) is 56.3 Å². The zero-order valence-corrected chi connectivity index (χ0v) is 28.9. The van der Waals surface area contributed by atoms with Crippen LogP contribution in [0.5, 0.6) is 11.5 Å². The first-order chi connectivity index (χ1) is 23.2. The maximum atomic E-state index is 12.9. The number of nitrogens with zero attached hydrogens (tertiary/aromatic N) is 1. The Morgan fingerprint density at radius 2 is 1.54 bits per heavy atom. The van der Waals surface area contributed by atoms with E-state index in [1.54, 1.807) is 27.2 Å². The second-order valence-electron chi connectivity index (χ2n) is 11.0. The minimum atomic E-state index is -3.25. The Morgan fingerprint density at radius 3 is 2.08 bits per heavy atom. The van der Waals surface area contributed by atoms with Crippen molar-refractivity contribution >= 4 is 18.5 Å². The molecule has 3 aromatic carbocycles. The molecule has 1 fully saturated rings. The molecule has 0 bridgehead atoms. The fraction of sp³-hybridized carbons (Fsp3) is 0.314. The molecule has 5 rings (SSSR count). The van der Waals surface area contributed by atoms with Crippen LogP contribution in [0.25, 0.3) is 0 Å². The van der Waals surface area contributed by atoms with Crippen molar-refractivity contribution in [2.45, 2.75) is 37.4 Å². The van der Waals surface area contributed by atoms with Gasteiger partial charge in [0.05, 0.1) is 33.5 Å². The number of aromatic amines is 1. The molecule has 1 aliphatic rings. The molecule has 48 heavy (non-hydrogen) atoms. The Morgan fingerprint density at radius 1 is 0.958 bits per heavy atom. The van der Waals surface area contributed by atoms with Crippen molar-refractivity contribution in [3.63, 3.8) is 0 Å². The lowest BCUT2D eigenvalue weighted by molar-refractivity contribution is -0.0929. The van der Waals surface area contributed by atoms with Crippen molar-refractivity contribution in [2.75, 3.05) is 34.5 Å². The van der Waals surface area contributed by atoms with E-state index >= 15 is 0 Å². The lowest BCUT2D eigenvalue weighted by atomic mass is 9.80. The smallest absolute Gasteiger partial charge is 0.330 e. The molecule has 0 unspecified atom stereocenters. The summed E-state index contributed by atoms with van der Waals surface area (Å²) in [6, 6.07) is 25.2. The Kier molecular flexibility index (Phi) is 11.5. The van der Waals surface area contributed by atoms with Gasteiger partial charge in [-0.25, -0.2) is 4.79 Å². The van der Waals surface area contributed by atoms with Crippen LogP contribution in [0.15, 0.2) is 107 Å². The first-order valence-corrected chi connectivity index (χ1v) is 17.8. The minimum Gasteiger partial charge on any atom is -0.497 e. The summed E-state index contributed by atoms with van der Waals surface area (Å²) in [6.45, 7) is 2.17. The van der Waals surface area contributed by atoms with Gasteiger partial charge < -0.3 is 32.5 Å². The SMILES string of the molecule is C=CCO[P@](=S)(OC)O[C@H]1C[C@H](n2cc(C)c(=O)[nH]c2=O)O[C@@H]1COC(c1ccccc1)(c1ccc(OC)cc1)c1ccc(OC)cc1. The molecule has 1 aliphatic heterocycles. The predicted molar refractivity (Wildman–Crippen MR) is 185 cm³/mol. The van der Waals surface area contributed by atoms with E-state index in [-0.39, 0.29) is 19.6 Å². The van der Waals surface area contributed by atoms with Crippen LogP contribution < -0.4 is 20.7 Å². The molecule has 1 aromatic heterocycles. The summed E-state index contributed by atoms with van der Waals surface area (Å²) < 4.78 is 43.5. The van der Waals surface area contributed by atoms with E-state index in [0.717, 1.165) is 16.7 Å². The third-order valence-electron chi connectivity index (χ3n) is 8.11. The monoisotopic (exact) mass is 694 g/mol. The summed E-state index contributed by atoms with van der Waals surface area (Å²) >= 11 is 5.67. The number of aromatic nitrogens is 2. The second kappa shape index (κ2) is 15.6. The van der Waals surface area contributed by atoms with Gasteiger partial charge in [0, 0.05) is 25.3 Å². The van der Waals surface area contributed by atoms with E-state index in [0.29, 0.717) is 17.1 Å². The van der Waals surface area contributed by atoms with Gasteiger partial charge in [0.15, 0.2) is 0 Å². The van der Waals surface area contributed by atoms with Crippen LogP contribution in [0.1, 0.15) is 34.9 Å². The first-order valence-electron chi connectivity index (χ1n) is 15.2. The third-order valence-corrected chi connectivity index (χ3v) is 10.6. The van der Waals surface area contributed by atoms with Gasteiger partial charge in [-0.1, -0.05) is 60.7 Å². The van der Waals surface area contributed by atoms with Crippen molar-refractivity contribution in [3.8, 4) is 11.5 Å². The molecule has 4 atom stereocenters. The van der Waals surface area contributed by atoms with Gasteiger partial charge in [-0.05, 0) is 59.7 Å². The Labute approximate surface area is 284 Å². The maximum Gasteiger partial charge on any atom is 0.330 e. The van der Waals surface area contributed by atoms with Crippen molar-refractivity contribution in [1.82, 2.24) is 9.55 Å². The Bertz CT molecular complexity index is 1800. The fourth-order valence-corrected chi connectivity index (χ4v) is 7.26. The van der Waals surface area contributed by atoms with Gasteiger partial charge in [-0.15, -0.1) is 6.58 Å². The molecule has 2 heterocycles. The van der Waals surface area contributed by atoms with Crippen LogP contribution in [0.4, 0.5) is 0 Å². The number of methoxy groups -OCH3 is 2. The largest absolute Gasteiger partial charge is 0.497 e. The first kappa shape index (κ1) is 35.4. The third kappa shape index (κ3) is 7.55. The number of ether oxygens (including phenoxy) is 4. The predicted octanol–water partition coefficient (Wildman–Crippen LogP) is 5.62. The van der Waals surface area contributed by atoms with Crippen molar-refractivity contribution < 1.29 is 32.5 Å².